The number of ether oxygens (including phenoxy) is 2. The summed E-state index contributed by atoms with van der Waals surface area (Å²) < 4.78 is 9.91. The molecule has 0 aromatic carbocycles. The van der Waals surface area contributed by atoms with Crippen molar-refractivity contribution in [1.29, 1.82) is 0 Å². The summed E-state index contributed by atoms with van der Waals surface area (Å²) in [5, 5.41) is 11.1. The molecule has 0 aromatic rings. The number of carbonyl (C=O) groups excluding carboxylic acids is 1. The standard InChI is InChI=1S/C9H15NO5.C6H14N2.Pt/c1-5(15-4-14-2)8-6(3-7(11)12)10-9(8)13;7-5-3-1-2-4-6(5)8;/h5-6,8H,3-4H2,1-2H3,(H,10,13)(H,11,12);5-6H,1-4,7-8H2;. The average Bonchev–Trinajstić information content (AvgIpc) is 2.47. The number of nitrogens with two attached hydrogens (primary N) is 2. The van der Waals surface area contributed by atoms with Crippen LogP contribution in [0.2, 0.25) is 0 Å². The fourth-order valence-corrected chi connectivity index (χ4v) is 2.83. The molecule has 8 nitrogen and oxygen atoms in total. The molecule has 2 rings (SSSR count). The summed E-state index contributed by atoms with van der Waals surface area (Å²) >= 11 is 0. The second kappa shape index (κ2) is 11.9. The molecule has 9 heteroatoms. The van der Waals surface area contributed by atoms with Crippen molar-refractivity contribution in [2.75, 3.05) is 13.9 Å². The Hall–Kier alpha value is -0.532. The van der Waals surface area contributed by atoms with E-state index in [1.54, 1.807) is 6.92 Å². The summed E-state index contributed by atoms with van der Waals surface area (Å²) in [5.74, 6) is -1.48. The Morgan fingerprint density at radius 1 is 1.33 bits per heavy atom. The Balaban J connectivity index is 0.000000498. The smallest absolute Gasteiger partial charge is 0.305 e. The first kappa shape index (κ1) is 23.5. The molecule has 144 valence electrons. The number of amides is 1. The van der Waals surface area contributed by atoms with Crippen LogP contribution in [0.4, 0.5) is 0 Å². The van der Waals surface area contributed by atoms with Gasteiger partial charge in [-0.2, -0.15) is 0 Å². The van der Waals surface area contributed by atoms with E-state index >= 15 is 0 Å². The minimum Gasteiger partial charge on any atom is -0.481 e. The summed E-state index contributed by atoms with van der Waals surface area (Å²) in [7, 11) is 1.49. The minimum absolute atomic E-state index is 0. The summed E-state index contributed by atoms with van der Waals surface area (Å²) in [5.41, 5.74) is 11.3. The van der Waals surface area contributed by atoms with Gasteiger partial charge in [-0.25, -0.2) is 0 Å². The first-order valence-corrected chi connectivity index (χ1v) is 8.00. The summed E-state index contributed by atoms with van der Waals surface area (Å²) in [6.07, 6.45) is 4.39. The van der Waals surface area contributed by atoms with Gasteiger partial charge in [0.15, 0.2) is 0 Å². The van der Waals surface area contributed by atoms with Crippen molar-refractivity contribution in [3.8, 4) is 0 Å². The van der Waals surface area contributed by atoms with Crippen LogP contribution >= 0.6 is 0 Å². The van der Waals surface area contributed by atoms with Gasteiger partial charge >= 0.3 is 5.97 Å². The van der Waals surface area contributed by atoms with Crippen molar-refractivity contribution in [1.82, 2.24) is 5.32 Å². The number of rotatable bonds is 6. The van der Waals surface area contributed by atoms with Crippen LogP contribution in [-0.4, -0.2) is 55.1 Å². The third kappa shape index (κ3) is 7.57. The maximum absolute atomic E-state index is 11.2. The molecule has 2 aliphatic rings. The molecule has 0 radical (unpaired) electrons. The third-order valence-corrected chi connectivity index (χ3v) is 4.29. The van der Waals surface area contributed by atoms with Crippen LogP contribution in [0.5, 0.6) is 0 Å². The zero-order valence-electron chi connectivity index (χ0n) is 14.2. The average molecular weight is 526 g/mol. The molecule has 1 saturated heterocycles. The third-order valence-electron chi connectivity index (χ3n) is 4.29. The molecular weight excluding hydrogens is 497 g/mol. The molecule has 1 amide bonds. The predicted octanol–water partition coefficient (Wildman–Crippen LogP) is -0.203. The van der Waals surface area contributed by atoms with E-state index < -0.39 is 11.9 Å². The predicted molar refractivity (Wildman–Crippen MR) is 84.5 cm³/mol. The monoisotopic (exact) mass is 526 g/mol. The van der Waals surface area contributed by atoms with E-state index in [9.17, 15) is 9.59 Å². The second-order valence-corrected chi connectivity index (χ2v) is 6.13. The van der Waals surface area contributed by atoms with Crippen LogP contribution in [-0.2, 0) is 40.1 Å². The van der Waals surface area contributed by atoms with Gasteiger partial charge in [-0.1, -0.05) is 12.8 Å². The fourth-order valence-electron chi connectivity index (χ4n) is 2.83. The molecule has 1 aliphatic heterocycles. The van der Waals surface area contributed by atoms with Gasteiger partial charge in [-0.15, -0.1) is 0 Å². The number of methoxy groups -OCH3 is 1. The zero-order chi connectivity index (χ0) is 17.4. The molecule has 2 fully saturated rings. The number of carbonyl (C=O) groups is 2. The Kier molecular flexibility index (Phi) is 11.7. The van der Waals surface area contributed by atoms with Gasteiger partial charge in [0.1, 0.15) is 6.79 Å². The van der Waals surface area contributed by atoms with Crippen LogP contribution in [0.15, 0.2) is 0 Å². The van der Waals surface area contributed by atoms with E-state index in [4.69, 9.17) is 26.0 Å². The quantitative estimate of drug-likeness (QED) is 0.278. The number of nitrogens with one attached hydrogen (secondary N) is 1. The Labute approximate surface area is 157 Å². The van der Waals surface area contributed by atoms with E-state index in [0.29, 0.717) is 0 Å². The van der Waals surface area contributed by atoms with E-state index in [-0.39, 0.29) is 64.4 Å². The first-order chi connectivity index (χ1) is 10.9. The largest absolute Gasteiger partial charge is 0.481 e. The number of hydrogen-bond acceptors (Lipinski definition) is 6. The molecule has 5 unspecified atom stereocenters. The maximum atomic E-state index is 11.2. The fraction of sp³-hybridized carbons (Fsp3) is 0.867. The van der Waals surface area contributed by atoms with Crippen molar-refractivity contribution in [2.45, 2.75) is 63.3 Å². The van der Waals surface area contributed by atoms with Gasteiger partial charge in [-0.05, 0) is 19.8 Å². The topological polar surface area (TPSA) is 137 Å². The Morgan fingerprint density at radius 3 is 2.25 bits per heavy atom. The van der Waals surface area contributed by atoms with Crippen molar-refractivity contribution < 1.29 is 45.2 Å². The molecule has 0 spiro atoms. The summed E-state index contributed by atoms with van der Waals surface area (Å²) in [6, 6.07) is 0.231. The van der Waals surface area contributed by atoms with Gasteiger partial charge < -0.3 is 31.4 Å². The summed E-state index contributed by atoms with van der Waals surface area (Å²) in [6.45, 7) is 1.84. The first-order valence-electron chi connectivity index (χ1n) is 8.00. The normalized spacial score (nSPS) is 29.9. The second-order valence-electron chi connectivity index (χ2n) is 6.13. The maximum Gasteiger partial charge on any atom is 0.305 e. The van der Waals surface area contributed by atoms with Gasteiger partial charge in [0.2, 0.25) is 5.91 Å². The van der Waals surface area contributed by atoms with E-state index in [2.05, 4.69) is 5.32 Å². The zero-order valence-corrected chi connectivity index (χ0v) is 16.5. The van der Waals surface area contributed by atoms with Gasteiger partial charge in [-0.3, -0.25) is 9.59 Å². The minimum atomic E-state index is -0.927. The van der Waals surface area contributed by atoms with Crippen molar-refractivity contribution in [3.05, 3.63) is 0 Å². The van der Waals surface area contributed by atoms with E-state index in [1.165, 1.54) is 20.0 Å². The van der Waals surface area contributed by atoms with Crippen LogP contribution in [0.25, 0.3) is 0 Å². The Bertz CT molecular complexity index is 389. The van der Waals surface area contributed by atoms with Gasteiger partial charge in [0, 0.05) is 40.3 Å². The van der Waals surface area contributed by atoms with Crippen LogP contribution in [0, 0.1) is 5.92 Å². The number of hydrogen-bond donors (Lipinski definition) is 4. The van der Waals surface area contributed by atoms with Gasteiger partial charge in [0.05, 0.1) is 24.5 Å². The van der Waals surface area contributed by atoms with Crippen molar-refractivity contribution in [2.24, 2.45) is 17.4 Å². The van der Waals surface area contributed by atoms with E-state index in [0.717, 1.165) is 12.8 Å². The molecule has 1 saturated carbocycles. The van der Waals surface area contributed by atoms with Crippen molar-refractivity contribution in [3.63, 3.8) is 0 Å². The molecule has 24 heavy (non-hydrogen) atoms. The number of carboxylic acids is 1. The molecule has 1 heterocycles. The van der Waals surface area contributed by atoms with Crippen LogP contribution < -0.4 is 16.8 Å². The number of β-lactam (4-membered cyclic amide) rings is 1. The van der Waals surface area contributed by atoms with Crippen molar-refractivity contribution >= 4 is 11.9 Å². The molecule has 5 atom stereocenters. The van der Waals surface area contributed by atoms with Crippen LogP contribution in [0.3, 0.4) is 0 Å². The van der Waals surface area contributed by atoms with Gasteiger partial charge in [0.25, 0.3) is 0 Å². The number of aliphatic carboxylic acids is 1. The Morgan fingerprint density at radius 2 is 1.88 bits per heavy atom. The van der Waals surface area contributed by atoms with Crippen LogP contribution in [0.1, 0.15) is 39.0 Å². The molecule has 0 bridgehead atoms. The summed E-state index contributed by atoms with van der Waals surface area (Å²) in [4.78, 5) is 21.7. The molecule has 6 N–H and O–H groups in total. The number of carboxylic acid groups (broad SMARTS) is 1. The molecule has 0 aromatic heterocycles. The molecular formula is C15H29N3O5Pt. The molecule has 1 aliphatic carbocycles. The SMILES string of the molecule is COCOC(C)C1C(=O)NC1CC(=O)O.NC1CCCCC1N.[Pt]. The van der Waals surface area contributed by atoms with E-state index in [1.807, 2.05) is 0 Å².